The number of rotatable bonds is 3. The van der Waals surface area contributed by atoms with Crippen molar-refractivity contribution in [3.8, 4) is 0 Å². The largest absolute Gasteiger partial charge is 0.342 e. The van der Waals surface area contributed by atoms with Crippen LogP contribution in [0.1, 0.15) is 34.1 Å². The molecule has 0 aromatic carbocycles. The first-order valence-electron chi connectivity index (χ1n) is 6.50. The van der Waals surface area contributed by atoms with Crippen LogP contribution in [-0.4, -0.2) is 53.3 Å². The van der Waals surface area contributed by atoms with E-state index in [1.54, 1.807) is 30.7 Å². The third kappa shape index (κ3) is 2.83. The standard InChI is InChI=1S/C13H25N3O2/c1-9(2)8-10(14)11(17)16-7-6-15(5)12(18)13(16,3)4/h9-10H,6-8,14H2,1-5H3. The summed E-state index contributed by atoms with van der Waals surface area (Å²) in [6.45, 7) is 8.76. The van der Waals surface area contributed by atoms with Crippen molar-refractivity contribution in [1.82, 2.24) is 9.80 Å². The summed E-state index contributed by atoms with van der Waals surface area (Å²) in [6, 6.07) is -0.513. The number of carbonyl (C=O) groups is 2. The molecule has 0 spiro atoms. The molecule has 0 aromatic rings. The summed E-state index contributed by atoms with van der Waals surface area (Å²) in [6.07, 6.45) is 0.648. The molecule has 5 nitrogen and oxygen atoms in total. The Balaban J connectivity index is 2.82. The maximum Gasteiger partial charge on any atom is 0.247 e. The van der Waals surface area contributed by atoms with Crippen molar-refractivity contribution in [2.45, 2.75) is 45.7 Å². The van der Waals surface area contributed by atoms with E-state index in [-0.39, 0.29) is 11.8 Å². The first kappa shape index (κ1) is 15.0. The van der Waals surface area contributed by atoms with E-state index in [1.807, 2.05) is 13.8 Å². The van der Waals surface area contributed by atoms with Crippen molar-refractivity contribution in [2.24, 2.45) is 11.7 Å². The highest BCUT2D eigenvalue weighted by Crippen LogP contribution is 2.23. The van der Waals surface area contributed by atoms with Gasteiger partial charge in [-0.1, -0.05) is 13.8 Å². The van der Waals surface area contributed by atoms with Crippen molar-refractivity contribution < 1.29 is 9.59 Å². The minimum atomic E-state index is -0.793. The van der Waals surface area contributed by atoms with Crippen molar-refractivity contribution >= 4 is 11.8 Å². The molecular formula is C13H25N3O2. The molecule has 1 aliphatic heterocycles. The van der Waals surface area contributed by atoms with Crippen LogP contribution in [0.4, 0.5) is 0 Å². The summed E-state index contributed by atoms with van der Waals surface area (Å²) in [5.74, 6) is 0.226. The van der Waals surface area contributed by atoms with Crippen LogP contribution in [0.5, 0.6) is 0 Å². The van der Waals surface area contributed by atoms with E-state index in [9.17, 15) is 9.59 Å². The van der Waals surface area contributed by atoms with Crippen LogP contribution in [0.3, 0.4) is 0 Å². The lowest BCUT2D eigenvalue weighted by Crippen LogP contribution is -2.65. The molecule has 2 N–H and O–H groups in total. The number of amides is 2. The first-order chi connectivity index (χ1) is 8.17. The third-order valence-electron chi connectivity index (χ3n) is 3.51. The summed E-state index contributed by atoms with van der Waals surface area (Å²) < 4.78 is 0. The van der Waals surface area contributed by atoms with Crippen LogP contribution in [0.2, 0.25) is 0 Å². The zero-order chi connectivity index (χ0) is 14.1. The van der Waals surface area contributed by atoms with Gasteiger partial charge in [-0.2, -0.15) is 0 Å². The van der Waals surface area contributed by atoms with E-state index in [2.05, 4.69) is 0 Å². The molecule has 1 saturated heterocycles. The Morgan fingerprint density at radius 2 is 1.94 bits per heavy atom. The average Bonchev–Trinajstić information content (AvgIpc) is 2.24. The molecule has 1 rings (SSSR count). The number of likely N-dealkylation sites (N-methyl/N-ethyl adjacent to an activating group) is 1. The molecule has 1 unspecified atom stereocenters. The van der Waals surface area contributed by atoms with E-state index in [0.29, 0.717) is 25.4 Å². The summed E-state index contributed by atoms with van der Waals surface area (Å²) >= 11 is 0. The van der Waals surface area contributed by atoms with Gasteiger partial charge >= 0.3 is 0 Å². The number of nitrogens with two attached hydrogens (primary N) is 1. The van der Waals surface area contributed by atoms with E-state index < -0.39 is 11.6 Å². The molecule has 0 aliphatic carbocycles. The zero-order valence-electron chi connectivity index (χ0n) is 12.1. The van der Waals surface area contributed by atoms with Gasteiger partial charge in [0, 0.05) is 20.1 Å². The maximum absolute atomic E-state index is 12.3. The van der Waals surface area contributed by atoms with E-state index in [1.165, 1.54) is 0 Å². The number of hydrogen-bond donors (Lipinski definition) is 1. The molecule has 2 amide bonds. The van der Waals surface area contributed by atoms with Crippen LogP contribution < -0.4 is 5.73 Å². The van der Waals surface area contributed by atoms with E-state index >= 15 is 0 Å². The highest BCUT2D eigenvalue weighted by Gasteiger charge is 2.43. The summed E-state index contributed by atoms with van der Waals surface area (Å²) in [4.78, 5) is 27.7. The van der Waals surface area contributed by atoms with Gasteiger partial charge in [0.1, 0.15) is 5.54 Å². The van der Waals surface area contributed by atoms with Crippen molar-refractivity contribution in [2.75, 3.05) is 20.1 Å². The Kier molecular flexibility index (Phi) is 4.37. The van der Waals surface area contributed by atoms with Gasteiger partial charge in [-0.05, 0) is 26.2 Å². The molecule has 1 atom stereocenters. The second-order valence-corrected chi connectivity index (χ2v) is 6.01. The van der Waals surface area contributed by atoms with Crippen molar-refractivity contribution in [1.29, 1.82) is 0 Å². The topological polar surface area (TPSA) is 66.6 Å². The van der Waals surface area contributed by atoms with Crippen molar-refractivity contribution in [3.63, 3.8) is 0 Å². The minimum absolute atomic E-state index is 0.0288. The zero-order valence-corrected chi connectivity index (χ0v) is 12.1. The molecular weight excluding hydrogens is 230 g/mol. The Morgan fingerprint density at radius 3 is 2.44 bits per heavy atom. The van der Waals surface area contributed by atoms with Crippen LogP contribution in [0.15, 0.2) is 0 Å². The Hall–Kier alpha value is -1.10. The van der Waals surface area contributed by atoms with Crippen molar-refractivity contribution in [3.05, 3.63) is 0 Å². The lowest BCUT2D eigenvalue weighted by molar-refractivity contribution is -0.158. The lowest BCUT2D eigenvalue weighted by Gasteiger charge is -2.45. The van der Waals surface area contributed by atoms with Gasteiger partial charge in [-0.25, -0.2) is 0 Å². The summed E-state index contributed by atoms with van der Waals surface area (Å²) in [7, 11) is 1.76. The minimum Gasteiger partial charge on any atom is -0.342 e. The summed E-state index contributed by atoms with van der Waals surface area (Å²) in [5, 5.41) is 0. The monoisotopic (exact) mass is 255 g/mol. The Morgan fingerprint density at radius 1 is 1.39 bits per heavy atom. The molecule has 1 aliphatic rings. The van der Waals surface area contributed by atoms with Gasteiger partial charge in [0.25, 0.3) is 0 Å². The fraction of sp³-hybridized carbons (Fsp3) is 0.846. The Labute approximate surface area is 109 Å². The summed E-state index contributed by atoms with van der Waals surface area (Å²) in [5.41, 5.74) is 5.14. The molecule has 0 bridgehead atoms. The van der Waals surface area contributed by atoms with Crippen LogP contribution in [-0.2, 0) is 9.59 Å². The number of piperazine rings is 1. The SMILES string of the molecule is CC(C)CC(N)C(=O)N1CCN(C)C(=O)C1(C)C. The van der Waals surface area contributed by atoms with Gasteiger partial charge in [0.05, 0.1) is 6.04 Å². The third-order valence-corrected chi connectivity index (χ3v) is 3.51. The second kappa shape index (κ2) is 5.26. The fourth-order valence-electron chi connectivity index (χ4n) is 2.41. The molecule has 1 fully saturated rings. The molecule has 0 saturated carbocycles. The van der Waals surface area contributed by atoms with Crippen LogP contribution in [0, 0.1) is 5.92 Å². The van der Waals surface area contributed by atoms with Crippen LogP contribution >= 0.6 is 0 Å². The molecule has 5 heteroatoms. The number of carbonyl (C=O) groups excluding carboxylic acids is 2. The van der Waals surface area contributed by atoms with E-state index in [4.69, 9.17) is 5.73 Å². The predicted octanol–water partition coefficient (Wildman–Crippen LogP) is 0.439. The highest BCUT2D eigenvalue weighted by molar-refractivity contribution is 5.93. The highest BCUT2D eigenvalue weighted by atomic mass is 16.2. The normalized spacial score (nSPS) is 21.4. The van der Waals surface area contributed by atoms with Crippen LogP contribution in [0.25, 0.3) is 0 Å². The quantitative estimate of drug-likeness (QED) is 0.795. The molecule has 18 heavy (non-hydrogen) atoms. The van der Waals surface area contributed by atoms with E-state index in [0.717, 1.165) is 0 Å². The molecule has 1 heterocycles. The van der Waals surface area contributed by atoms with Gasteiger partial charge < -0.3 is 15.5 Å². The Bertz CT molecular complexity index is 339. The number of hydrogen-bond acceptors (Lipinski definition) is 3. The smallest absolute Gasteiger partial charge is 0.247 e. The lowest BCUT2D eigenvalue weighted by atomic mass is 9.95. The number of nitrogens with zero attached hydrogens (tertiary/aromatic N) is 2. The molecule has 104 valence electrons. The molecule has 0 aromatic heterocycles. The van der Waals surface area contributed by atoms with Gasteiger partial charge in [0.15, 0.2) is 0 Å². The van der Waals surface area contributed by atoms with Gasteiger partial charge in [0.2, 0.25) is 11.8 Å². The second-order valence-electron chi connectivity index (χ2n) is 6.01. The predicted molar refractivity (Wildman–Crippen MR) is 70.9 cm³/mol. The van der Waals surface area contributed by atoms with Gasteiger partial charge in [-0.3, -0.25) is 9.59 Å². The fourth-order valence-corrected chi connectivity index (χ4v) is 2.41. The molecule has 0 radical (unpaired) electrons. The maximum atomic E-state index is 12.3. The average molecular weight is 255 g/mol. The first-order valence-corrected chi connectivity index (χ1v) is 6.50. The van der Waals surface area contributed by atoms with Gasteiger partial charge in [-0.15, -0.1) is 0 Å².